The Hall–Kier alpha value is -3.04. The number of H-pyrrole nitrogens is 1. The van der Waals surface area contributed by atoms with E-state index in [0.29, 0.717) is 6.61 Å². The number of hydrogen-bond acceptors (Lipinski definition) is 2. The number of aromatic amines is 1. The molecule has 2 aromatic carbocycles. The Morgan fingerprint density at radius 3 is 2.41 bits per heavy atom. The van der Waals surface area contributed by atoms with Crippen molar-refractivity contribution in [3.8, 4) is 39.4 Å². The van der Waals surface area contributed by atoms with E-state index >= 15 is 0 Å². The molecule has 0 saturated carbocycles. The Morgan fingerprint density at radius 1 is 0.897 bits per heavy atom. The van der Waals surface area contributed by atoms with Crippen molar-refractivity contribution < 1.29 is 4.74 Å². The lowest BCUT2D eigenvalue weighted by Crippen LogP contribution is -1.98. The fourth-order valence-electron chi connectivity index (χ4n) is 3.34. The van der Waals surface area contributed by atoms with Gasteiger partial charge in [-0.25, -0.2) is 0 Å². The van der Waals surface area contributed by atoms with Gasteiger partial charge in [0.15, 0.2) is 0 Å². The fourth-order valence-corrected chi connectivity index (χ4v) is 3.47. The number of nitrogens with zero attached hydrogens (tertiary/aromatic N) is 1. The van der Waals surface area contributed by atoms with Crippen molar-refractivity contribution in [3.05, 3.63) is 84.1 Å². The molecule has 29 heavy (non-hydrogen) atoms. The maximum absolute atomic E-state index is 6.11. The quantitative estimate of drug-likeness (QED) is 0.331. The molecule has 0 aliphatic heterocycles. The molecule has 0 fully saturated rings. The zero-order chi connectivity index (χ0) is 20.1. The molecule has 4 heteroatoms. The van der Waals surface area contributed by atoms with E-state index in [1.54, 1.807) is 0 Å². The van der Waals surface area contributed by atoms with E-state index in [-0.39, 0.29) is 0 Å². The molecular weight excluding hydrogens is 380 g/mol. The number of hydrogen-bond donors (Lipinski definition) is 1. The highest BCUT2D eigenvalue weighted by atomic mass is 35.5. The lowest BCUT2D eigenvalue weighted by molar-refractivity contribution is 0.310. The van der Waals surface area contributed by atoms with Crippen molar-refractivity contribution in [2.24, 2.45) is 0 Å². The summed E-state index contributed by atoms with van der Waals surface area (Å²) in [5.41, 5.74) is 6.43. The predicted octanol–water partition coefficient (Wildman–Crippen LogP) is 7.24. The van der Waals surface area contributed by atoms with E-state index in [1.807, 2.05) is 67.0 Å². The van der Waals surface area contributed by atoms with Gasteiger partial charge in [-0.3, -0.25) is 4.98 Å². The van der Waals surface area contributed by atoms with Crippen LogP contribution in [0.15, 0.2) is 79.1 Å². The smallest absolute Gasteiger partial charge is 0.127 e. The molecule has 1 N–H and O–H groups in total. The monoisotopic (exact) mass is 402 g/mol. The van der Waals surface area contributed by atoms with E-state index in [2.05, 4.69) is 29.0 Å². The van der Waals surface area contributed by atoms with E-state index in [9.17, 15) is 0 Å². The highest BCUT2D eigenvalue weighted by Crippen LogP contribution is 2.40. The van der Waals surface area contributed by atoms with Gasteiger partial charge < -0.3 is 9.72 Å². The number of para-hydroxylation sites is 1. The molecule has 0 bridgehead atoms. The van der Waals surface area contributed by atoms with Gasteiger partial charge in [0, 0.05) is 39.8 Å². The first-order chi connectivity index (χ1) is 14.3. The number of halogens is 1. The van der Waals surface area contributed by atoms with Crippen LogP contribution in [0.25, 0.3) is 33.6 Å². The molecular formula is C25H23ClN2O. The zero-order valence-electron chi connectivity index (χ0n) is 16.4. The van der Waals surface area contributed by atoms with Crippen molar-refractivity contribution in [3.63, 3.8) is 0 Å². The molecule has 0 amide bonds. The molecule has 0 aliphatic carbocycles. The fraction of sp³-hybridized carbons (Fsp3) is 0.160. The third-order valence-corrected chi connectivity index (χ3v) is 5.13. The lowest BCUT2D eigenvalue weighted by atomic mass is 10.0. The van der Waals surface area contributed by atoms with Crippen molar-refractivity contribution in [1.82, 2.24) is 9.97 Å². The van der Waals surface area contributed by atoms with Gasteiger partial charge in [0.05, 0.1) is 12.3 Å². The van der Waals surface area contributed by atoms with E-state index in [4.69, 9.17) is 16.3 Å². The average Bonchev–Trinajstić information content (AvgIpc) is 3.21. The molecule has 2 aromatic heterocycles. The first-order valence-electron chi connectivity index (χ1n) is 9.88. The second-order valence-corrected chi connectivity index (χ2v) is 7.35. The Kier molecular flexibility index (Phi) is 5.97. The minimum atomic E-state index is 0.715. The van der Waals surface area contributed by atoms with Crippen LogP contribution in [-0.4, -0.2) is 16.6 Å². The molecule has 0 unspecified atom stereocenters. The average molecular weight is 403 g/mol. The molecule has 0 radical (unpaired) electrons. The maximum atomic E-state index is 6.11. The predicted molar refractivity (Wildman–Crippen MR) is 120 cm³/mol. The Balaban J connectivity index is 1.83. The van der Waals surface area contributed by atoms with Crippen molar-refractivity contribution >= 4 is 11.6 Å². The van der Waals surface area contributed by atoms with Gasteiger partial charge in [-0.05, 0) is 48.4 Å². The second-order valence-electron chi connectivity index (χ2n) is 6.91. The van der Waals surface area contributed by atoms with Gasteiger partial charge in [0.1, 0.15) is 5.75 Å². The standard InChI is InChI=1S/C25H23ClN2O/c1-2-3-16-29-24-7-5-4-6-21(24)22-17-23(18-8-10-20(26)11-9-18)28-25(22)19-12-14-27-15-13-19/h4-15,17,28H,2-3,16H2,1H3. The normalized spacial score (nSPS) is 10.8. The van der Waals surface area contributed by atoms with Crippen LogP contribution in [-0.2, 0) is 0 Å². The summed E-state index contributed by atoms with van der Waals surface area (Å²) in [5.74, 6) is 0.901. The topological polar surface area (TPSA) is 37.9 Å². The molecule has 4 rings (SSSR count). The first-order valence-corrected chi connectivity index (χ1v) is 10.3. The third-order valence-electron chi connectivity index (χ3n) is 4.87. The number of pyridine rings is 1. The van der Waals surface area contributed by atoms with Gasteiger partial charge in [0.2, 0.25) is 0 Å². The number of unbranched alkanes of at least 4 members (excludes halogenated alkanes) is 1. The maximum Gasteiger partial charge on any atom is 0.127 e. The second kappa shape index (κ2) is 8.97. The van der Waals surface area contributed by atoms with Gasteiger partial charge in [-0.2, -0.15) is 0 Å². The van der Waals surface area contributed by atoms with Gasteiger partial charge in [-0.1, -0.05) is 55.3 Å². The molecule has 0 saturated heterocycles. The lowest BCUT2D eigenvalue weighted by Gasteiger charge is -2.12. The van der Waals surface area contributed by atoms with Crippen LogP contribution in [0.1, 0.15) is 19.8 Å². The third kappa shape index (κ3) is 4.36. The summed E-state index contributed by atoms with van der Waals surface area (Å²) in [6.45, 7) is 2.88. The summed E-state index contributed by atoms with van der Waals surface area (Å²) in [6, 6.07) is 22.3. The number of rotatable bonds is 7. The molecule has 146 valence electrons. The largest absolute Gasteiger partial charge is 0.493 e. The molecule has 0 aliphatic rings. The van der Waals surface area contributed by atoms with Crippen molar-refractivity contribution in [2.75, 3.05) is 6.61 Å². The van der Waals surface area contributed by atoms with Crippen LogP contribution in [0.4, 0.5) is 0 Å². The minimum absolute atomic E-state index is 0.715. The zero-order valence-corrected chi connectivity index (χ0v) is 17.1. The SMILES string of the molecule is CCCCOc1ccccc1-c1cc(-c2ccc(Cl)cc2)[nH]c1-c1ccncc1. The van der Waals surface area contributed by atoms with Gasteiger partial charge in [-0.15, -0.1) is 0 Å². The summed E-state index contributed by atoms with van der Waals surface area (Å²) in [7, 11) is 0. The van der Waals surface area contributed by atoms with Crippen LogP contribution in [0.2, 0.25) is 5.02 Å². The van der Waals surface area contributed by atoms with Gasteiger partial charge >= 0.3 is 0 Å². The molecule has 2 heterocycles. The molecule has 3 nitrogen and oxygen atoms in total. The van der Waals surface area contributed by atoms with Crippen LogP contribution < -0.4 is 4.74 Å². The number of nitrogens with one attached hydrogen (secondary N) is 1. The number of ether oxygens (including phenoxy) is 1. The van der Waals surface area contributed by atoms with Gasteiger partial charge in [0.25, 0.3) is 0 Å². The summed E-state index contributed by atoms with van der Waals surface area (Å²) in [4.78, 5) is 7.76. The molecule has 0 spiro atoms. The summed E-state index contributed by atoms with van der Waals surface area (Å²) in [5, 5.41) is 0.726. The summed E-state index contributed by atoms with van der Waals surface area (Å²) < 4.78 is 6.11. The number of aromatic nitrogens is 2. The highest BCUT2D eigenvalue weighted by Gasteiger charge is 2.16. The van der Waals surface area contributed by atoms with Crippen LogP contribution >= 0.6 is 11.6 Å². The molecule has 4 aromatic rings. The van der Waals surface area contributed by atoms with Crippen molar-refractivity contribution in [2.45, 2.75) is 19.8 Å². The molecule has 0 atom stereocenters. The van der Waals surface area contributed by atoms with Crippen LogP contribution in [0.5, 0.6) is 5.75 Å². The Morgan fingerprint density at radius 2 is 1.66 bits per heavy atom. The van der Waals surface area contributed by atoms with Crippen LogP contribution in [0.3, 0.4) is 0 Å². The summed E-state index contributed by atoms with van der Waals surface area (Å²) in [6.07, 6.45) is 5.77. The summed E-state index contributed by atoms with van der Waals surface area (Å²) >= 11 is 6.07. The highest BCUT2D eigenvalue weighted by molar-refractivity contribution is 6.30. The first kappa shape index (κ1) is 19.3. The minimum Gasteiger partial charge on any atom is -0.493 e. The Bertz CT molecular complexity index is 1070. The van der Waals surface area contributed by atoms with E-state index < -0.39 is 0 Å². The van der Waals surface area contributed by atoms with E-state index in [0.717, 1.165) is 57.3 Å². The Labute approximate surface area is 176 Å². The van der Waals surface area contributed by atoms with Crippen LogP contribution in [0, 0.1) is 0 Å². The van der Waals surface area contributed by atoms with Crippen molar-refractivity contribution in [1.29, 1.82) is 0 Å². The van der Waals surface area contributed by atoms with E-state index in [1.165, 1.54) is 0 Å². The number of benzene rings is 2.